The van der Waals surface area contributed by atoms with Crippen LogP contribution in [0.1, 0.15) is 22.8 Å². The van der Waals surface area contributed by atoms with Gasteiger partial charge in [0.1, 0.15) is 6.07 Å². The molecule has 0 spiro atoms. The Labute approximate surface area is 147 Å². The number of ether oxygens (including phenoxy) is 1. The molecule has 128 valence electrons. The predicted molar refractivity (Wildman–Crippen MR) is 93.4 cm³/mol. The lowest BCUT2D eigenvalue weighted by atomic mass is 10.2. The van der Waals surface area contributed by atoms with Crippen LogP contribution in [0, 0.1) is 11.3 Å². The van der Waals surface area contributed by atoms with Crippen molar-refractivity contribution in [2.45, 2.75) is 17.9 Å². The van der Waals surface area contributed by atoms with Gasteiger partial charge in [-0.3, -0.25) is 9.00 Å². The molecule has 2 aromatic rings. The Balaban J connectivity index is 2.10. The number of carbonyl (C=O) groups excluding carboxylic acids is 2. The minimum absolute atomic E-state index is 0.153. The average Bonchev–Trinajstić information content (AvgIpc) is 2.61. The molecule has 0 aliphatic rings. The van der Waals surface area contributed by atoms with Crippen LogP contribution in [-0.4, -0.2) is 28.4 Å². The molecule has 0 saturated heterocycles. The zero-order valence-corrected chi connectivity index (χ0v) is 14.5. The molecule has 1 N–H and O–H groups in total. The first-order valence-electron chi connectivity index (χ1n) is 7.37. The summed E-state index contributed by atoms with van der Waals surface area (Å²) < 4.78 is 16.9. The van der Waals surface area contributed by atoms with E-state index in [2.05, 4.69) is 5.32 Å². The topological polar surface area (TPSA) is 96.3 Å². The maximum absolute atomic E-state index is 12.3. The first-order chi connectivity index (χ1) is 11.9. The van der Waals surface area contributed by atoms with Crippen LogP contribution in [0.4, 0.5) is 5.69 Å². The van der Waals surface area contributed by atoms with E-state index in [4.69, 9.17) is 10.00 Å². The van der Waals surface area contributed by atoms with Gasteiger partial charge in [0.05, 0.1) is 32.5 Å². The molecule has 0 aromatic heterocycles. The van der Waals surface area contributed by atoms with Crippen LogP contribution in [-0.2, 0) is 20.3 Å². The van der Waals surface area contributed by atoms with E-state index in [9.17, 15) is 13.8 Å². The third-order valence-electron chi connectivity index (χ3n) is 3.38. The second-order valence-electron chi connectivity index (χ2n) is 5.14. The maximum atomic E-state index is 12.3. The summed E-state index contributed by atoms with van der Waals surface area (Å²) in [5.41, 5.74) is 0.800. The van der Waals surface area contributed by atoms with Crippen molar-refractivity contribution in [3.63, 3.8) is 0 Å². The number of nitriles is 1. The minimum atomic E-state index is -1.36. The molecule has 0 unspecified atom stereocenters. The normalized spacial score (nSPS) is 12.5. The molecule has 0 aliphatic carbocycles. The third kappa shape index (κ3) is 4.52. The fraction of sp³-hybridized carbons (Fsp3) is 0.167. The van der Waals surface area contributed by atoms with Gasteiger partial charge in [0.2, 0.25) is 0 Å². The van der Waals surface area contributed by atoms with Gasteiger partial charge in [-0.15, -0.1) is 0 Å². The van der Waals surface area contributed by atoms with E-state index in [1.807, 2.05) is 6.07 Å². The van der Waals surface area contributed by atoms with Gasteiger partial charge in [-0.25, -0.2) is 4.79 Å². The number of rotatable bonds is 5. The van der Waals surface area contributed by atoms with Crippen molar-refractivity contribution in [1.29, 1.82) is 5.26 Å². The van der Waals surface area contributed by atoms with Gasteiger partial charge in [0, 0.05) is 6.26 Å². The largest absolute Gasteiger partial charge is 0.449 e. The summed E-state index contributed by atoms with van der Waals surface area (Å²) in [6, 6.07) is 14.8. The van der Waals surface area contributed by atoms with Crippen LogP contribution in [0.25, 0.3) is 0 Å². The first-order valence-corrected chi connectivity index (χ1v) is 8.93. The van der Waals surface area contributed by atoms with Crippen molar-refractivity contribution >= 4 is 28.4 Å². The van der Waals surface area contributed by atoms with Crippen molar-refractivity contribution in [3.8, 4) is 6.07 Å². The lowest BCUT2D eigenvalue weighted by Crippen LogP contribution is -2.30. The number of hydrogen-bond acceptors (Lipinski definition) is 5. The Kier molecular flexibility index (Phi) is 6.03. The van der Waals surface area contributed by atoms with Gasteiger partial charge < -0.3 is 10.1 Å². The molecule has 0 fully saturated rings. The lowest BCUT2D eigenvalue weighted by Gasteiger charge is -2.15. The summed E-state index contributed by atoms with van der Waals surface area (Å²) in [6.45, 7) is 1.42. The van der Waals surface area contributed by atoms with Crippen LogP contribution < -0.4 is 5.32 Å². The highest BCUT2D eigenvalue weighted by atomic mass is 32.2. The molecular formula is C18H16N2O4S. The molecule has 0 bridgehead atoms. The number of hydrogen-bond donors (Lipinski definition) is 1. The molecular weight excluding hydrogens is 340 g/mol. The molecule has 0 aliphatic heterocycles. The summed E-state index contributed by atoms with van der Waals surface area (Å²) in [5, 5.41) is 11.6. The molecule has 6 nitrogen and oxygen atoms in total. The molecule has 2 aromatic carbocycles. The SMILES string of the molecule is C[C@@H](OC(=O)c1ccccc1[S@](C)=O)C(=O)Nc1ccccc1C#N. The number of anilines is 1. The summed E-state index contributed by atoms with van der Waals surface area (Å²) in [7, 11) is -1.36. The molecule has 0 heterocycles. The number of nitrogens with zero attached hydrogens (tertiary/aromatic N) is 1. The van der Waals surface area contributed by atoms with Crippen molar-refractivity contribution in [2.75, 3.05) is 11.6 Å². The predicted octanol–water partition coefficient (Wildman–Crippen LogP) is 2.48. The van der Waals surface area contributed by atoms with E-state index >= 15 is 0 Å². The van der Waals surface area contributed by atoms with E-state index in [-0.39, 0.29) is 5.56 Å². The second-order valence-corrected chi connectivity index (χ2v) is 6.49. The highest BCUT2D eigenvalue weighted by molar-refractivity contribution is 7.84. The Morgan fingerprint density at radius 1 is 1.16 bits per heavy atom. The fourth-order valence-corrected chi connectivity index (χ4v) is 2.82. The highest BCUT2D eigenvalue weighted by Gasteiger charge is 2.22. The molecule has 1 amide bonds. The smallest absolute Gasteiger partial charge is 0.340 e. The molecule has 7 heteroatoms. The lowest BCUT2D eigenvalue weighted by molar-refractivity contribution is -0.123. The van der Waals surface area contributed by atoms with E-state index < -0.39 is 28.8 Å². The van der Waals surface area contributed by atoms with Gasteiger partial charge in [-0.2, -0.15) is 5.26 Å². The molecule has 0 radical (unpaired) electrons. The van der Waals surface area contributed by atoms with Gasteiger partial charge >= 0.3 is 5.97 Å². The van der Waals surface area contributed by atoms with E-state index in [0.29, 0.717) is 16.1 Å². The van der Waals surface area contributed by atoms with Crippen LogP contribution in [0.15, 0.2) is 53.4 Å². The quantitative estimate of drug-likeness (QED) is 0.830. The van der Waals surface area contributed by atoms with Crippen LogP contribution in [0.3, 0.4) is 0 Å². The average molecular weight is 356 g/mol. The molecule has 0 saturated carbocycles. The van der Waals surface area contributed by atoms with Gasteiger partial charge in [0.25, 0.3) is 5.91 Å². The zero-order valence-electron chi connectivity index (χ0n) is 13.7. The number of amides is 1. The number of carbonyl (C=O) groups is 2. The minimum Gasteiger partial charge on any atom is -0.449 e. The molecule has 2 rings (SSSR count). The number of nitrogens with one attached hydrogen (secondary N) is 1. The van der Waals surface area contributed by atoms with E-state index in [1.165, 1.54) is 19.2 Å². The Bertz CT molecular complexity index is 873. The number of esters is 1. The summed E-state index contributed by atoms with van der Waals surface area (Å²) in [6.07, 6.45) is 0.374. The second kappa shape index (κ2) is 8.22. The zero-order chi connectivity index (χ0) is 18.4. The highest BCUT2D eigenvalue weighted by Crippen LogP contribution is 2.17. The van der Waals surface area contributed by atoms with Crippen molar-refractivity contribution in [3.05, 3.63) is 59.7 Å². The van der Waals surface area contributed by atoms with E-state index in [0.717, 1.165) is 0 Å². The third-order valence-corrected chi connectivity index (χ3v) is 4.35. The monoisotopic (exact) mass is 356 g/mol. The number of para-hydroxylation sites is 1. The summed E-state index contributed by atoms with van der Waals surface area (Å²) >= 11 is 0. The van der Waals surface area contributed by atoms with E-state index in [1.54, 1.807) is 42.5 Å². The Hall–Kier alpha value is -2.98. The van der Waals surface area contributed by atoms with Crippen LogP contribution in [0.2, 0.25) is 0 Å². The fourth-order valence-electron chi connectivity index (χ4n) is 2.09. The summed E-state index contributed by atoms with van der Waals surface area (Å²) in [5.74, 6) is -1.30. The standard InChI is InChI=1S/C18H16N2O4S/c1-12(17(21)20-15-9-5-3-7-13(15)11-19)24-18(22)14-8-4-6-10-16(14)25(2)23/h3-10,12H,1-2H3,(H,20,21)/t12-,25+/m1/s1. The van der Waals surface area contributed by atoms with Crippen LogP contribution >= 0.6 is 0 Å². The van der Waals surface area contributed by atoms with Crippen molar-refractivity contribution in [1.82, 2.24) is 0 Å². The van der Waals surface area contributed by atoms with Crippen molar-refractivity contribution < 1.29 is 18.5 Å². The van der Waals surface area contributed by atoms with Crippen LogP contribution in [0.5, 0.6) is 0 Å². The molecule has 2 atom stereocenters. The number of benzene rings is 2. The Morgan fingerprint density at radius 3 is 2.48 bits per heavy atom. The Morgan fingerprint density at radius 2 is 1.80 bits per heavy atom. The first kappa shape index (κ1) is 18.4. The van der Waals surface area contributed by atoms with Gasteiger partial charge in [0.15, 0.2) is 6.10 Å². The molecule has 25 heavy (non-hydrogen) atoms. The maximum Gasteiger partial charge on any atom is 0.340 e. The van der Waals surface area contributed by atoms with Gasteiger partial charge in [-0.05, 0) is 31.2 Å². The van der Waals surface area contributed by atoms with Crippen molar-refractivity contribution in [2.24, 2.45) is 0 Å². The summed E-state index contributed by atoms with van der Waals surface area (Å²) in [4.78, 5) is 24.8. The van der Waals surface area contributed by atoms with Gasteiger partial charge in [-0.1, -0.05) is 24.3 Å².